The van der Waals surface area contributed by atoms with E-state index in [1.165, 1.54) is 33.4 Å². The van der Waals surface area contributed by atoms with Crippen molar-refractivity contribution in [3.63, 3.8) is 0 Å². The fourth-order valence-electron chi connectivity index (χ4n) is 4.82. The summed E-state index contributed by atoms with van der Waals surface area (Å²) in [7, 11) is -0.636. The quantitative estimate of drug-likeness (QED) is 0.712. The second kappa shape index (κ2) is 4.92. The van der Waals surface area contributed by atoms with Gasteiger partial charge in [0.05, 0.1) is 5.25 Å². The smallest absolute Gasteiger partial charge is 0.0536 e. The Morgan fingerprint density at radius 1 is 1.00 bits per heavy atom. The van der Waals surface area contributed by atoms with Crippen LogP contribution in [0, 0.1) is 0 Å². The highest BCUT2D eigenvalue weighted by molar-refractivity contribution is 7.86. The first-order valence-electron chi connectivity index (χ1n) is 8.90. The van der Waals surface area contributed by atoms with Crippen LogP contribution < -0.4 is 0 Å². The highest BCUT2D eigenvalue weighted by Gasteiger charge is 2.38. The molecule has 0 spiro atoms. The molecule has 2 aromatic carbocycles. The molecule has 2 bridgehead atoms. The van der Waals surface area contributed by atoms with E-state index in [1.807, 2.05) is 0 Å². The summed E-state index contributed by atoms with van der Waals surface area (Å²) in [6.07, 6.45) is 5.51. The molecule has 1 saturated heterocycles. The molecular weight excluding hydrogens is 312 g/mol. The second-order valence-electron chi connectivity index (χ2n) is 7.89. The SMILES string of the molecule is CC1(C)c2ccccc2-c2ccc(C3=CC4CCC(C3)S4=O)cc21. The number of allylic oxidation sites excluding steroid dienone is 1. The standard InChI is InChI=1S/C22H22OS/c1-22(2)20-6-4-3-5-18(20)19-10-7-14(13-21(19)22)15-11-16-8-9-17(12-15)24(16)23/h3-7,10-11,13,16-17H,8-9,12H2,1-2H3. The molecule has 3 atom stereocenters. The van der Waals surface area contributed by atoms with Crippen LogP contribution in [0.5, 0.6) is 0 Å². The van der Waals surface area contributed by atoms with Crippen LogP contribution in [0.25, 0.3) is 16.7 Å². The lowest BCUT2D eigenvalue weighted by Gasteiger charge is -2.24. The van der Waals surface area contributed by atoms with Gasteiger partial charge < -0.3 is 0 Å². The van der Waals surface area contributed by atoms with Crippen molar-refractivity contribution in [1.29, 1.82) is 0 Å². The first-order valence-corrected chi connectivity index (χ1v) is 10.2. The average Bonchev–Trinajstić information content (AvgIpc) is 2.93. The molecule has 0 saturated carbocycles. The van der Waals surface area contributed by atoms with Gasteiger partial charge in [0.2, 0.25) is 0 Å². The van der Waals surface area contributed by atoms with E-state index in [-0.39, 0.29) is 10.7 Å². The van der Waals surface area contributed by atoms with Crippen LogP contribution in [-0.2, 0) is 16.2 Å². The predicted octanol–water partition coefficient (Wildman–Crippen LogP) is 5.06. The molecule has 3 unspecified atom stereocenters. The Bertz CT molecular complexity index is 906. The van der Waals surface area contributed by atoms with Gasteiger partial charge in [-0.2, -0.15) is 0 Å². The second-order valence-corrected chi connectivity index (χ2v) is 9.82. The molecule has 2 heterocycles. The highest BCUT2D eigenvalue weighted by Crippen LogP contribution is 2.49. The Kier molecular flexibility index (Phi) is 3.00. The van der Waals surface area contributed by atoms with Crippen molar-refractivity contribution in [1.82, 2.24) is 0 Å². The Morgan fingerprint density at radius 2 is 1.79 bits per heavy atom. The van der Waals surface area contributed by atoms with Crippen LogP contribution in [0.1, 0.15) is 49.8 Å². The number of hydrogen-bond donors (Lipinski definition) is 0. The van der Waals surface area contributed by atoms with Crippen LogP contribution in [-0.4, -0.2) is 14.7 Å². The zero-order valence-electron chi connectivity index (χ0n) is 14.2. The van der Waals surface area contributed by atoms with Crippen molar-refractivity contribution in [3.05, 3.63) is 65.2 Å². The van der Waals surface area contributed by atoms with Crippen molar-refractivity contribution in [2.24, 2.45) is 0 Å². The lowest BCUT2D eigenvalue weighted by atomic mass is 9.81. The lowest BCUT2D eigenvalue weighted by Crippen LogP contribution is -2.20. The summed E-state index contributed by atoms with van der Waals surface area (Å²) in [5, 5.41) is 0.672. The Labute approximate surface area is 146 Å². The Morgan fingerprint density at radius 3 is 2.62 bits per heavy atom. The third-order valence-electron chi connectivity index (χ3n) is 6.19. The minimum Gasteiger partial charge on any atom is -0.259 e. The molecule has 1 nitrogen and oxygen atoms in total. The zero-order valence-corrected chi connectivity index (χ0v) is 15.0. The maximum atomic E-state index is 12.3. The highest BCUT2D eigenvalue weighted by atomic mass is 32.2. The van der Waals surface area contributed by atoms with Crippen molar-refractivity contribution in [2.45, 2.75) is 49.0 Å². The molecule has 0 amide bonds. The minimum absolute atomic E-state index is 0.0545. The third kappa shape index (κ3) is 1.89. The molecule has 0 aromatic heterocycles. The van der Waals surface area contributed by atoms with Gasteiger partial charge in [0, 0.05) is 21.5 Å². The van der Waals surface area contributed by atoms with Gasteiger partial charge in [-0.1, -0.05) is 56.3 Å². The van der Waals surface area contributed by atoms with E-state index in [1.54, 1.807) is 0 Å². The number of fused-ring (bicyclic) bond motifs is 5. The van der Waals surface area contributed by atoms with Crippen molar-refractivity contribution < 1.29 is 4.21 Å². The summed E-state index contributed by atoms with van der Waals surface area (Å²) < 4.78 is 12.3. The van der Waals surface area contributed by atoms with Gasteiger partial charge in [-0.15, -0.1) is 0 Å². The molecule has 122 valence electrons. The summed E-state index contributed by atoms with van der Waals surface area (Å²) in [5.41, 5.74) is 8.42. The molecule has 1 fully saturated rings. The van der Waals surface area contributed by atoms with Gasteiger partial charge in [0.1, 0.15) is 0 Å². The fourth-order valence-corrected chi connectivity index (χ4v) is 6.69. The Balaban J connectivity index is 1.63. The number of hydrogen-bond acceptors (Lipinski definition) is 1. The van der Waals surface area contributed by atoms with E-state index in [2.05, 4.69) is 62.4 Å². The van der Waals surface area contributed by atoms with Gasteiger partial charge in [-0.25, -0.2) is 0 Å². The number of benzene rings is 2. The lowest BCUT2D eigenvalue weighted by molar-refractivity contribution is 0.660. The molecule has 24 heavy (non-hydrogen) atoms. The maximum Gasteiger partial charge on any atom is 0.0536 e. The van der Waals surface area contributed by atoms with Crippen molar-refractivity contribution in [2.75, 3.05) is 0 Å². The van der Waals surface area contributed by atoms with Crippen molar-refractivity contribution >= 4 is 16.4 Å². The summed E-state index contributed by atoms with van der Waals surface area (Å²) in [6.45, 7) is 4.66. The molecule has 5 rings (SSSR count). The van der Waals surface area contributed by atoms with Gasteiger partial charge in [-0.05, 0) is 58.7 Å². The van der Waals surface area contributed by atoms with Crippen molar-refractivity contribution in [3.8, 4) is 11.1 Å². The fraction of sp³-hybridized carbons (Fsp3) is 0.364. The van der Waals surface area contributed by atoms with E-state index < -0.39 is 10.8 Å². The average molecular weight is 334 g/mol. The van der Waals surface area contributed by atoms with Crippen LogP contribution in [0.15, 0.2) is 48.5 Å². The largest absolute Gasteiger partial charge is 0.259 e. The van der Waals surface area contributed by atoms with E-state index in [9.17, 15) is 4.21 Å². The first-order chi connectivity index (χ1) is 11.6. The van der Waals surface area contributed by atoms with Gasteiger partial charge in [0.15, 0.2) is 0 Å². The molecule has 0 N–H and O–H groups in total. The van der Waals surface area contributed by atoms with E-state index in [4.69, 9.17) is 0 Å². The summed E-state index contributed by atoms with van der Waals surface area (Å²) in [5.74, 6) is 0. The van der Waals surface area contributed by atoms with E-state index >= 15 is 0 Å². The van der Waals surface area contributed by atoms with Gasteiger partial charge in [-0.3, -0.25) is 4.21 Å². The molecule has 2 heteroatoms. The molecule has 2 aliphatic heterocycles. The normalized spacial score (nSPS) is 29.1. The zero-order chi connectivity index (χ0) is 16.5. The predicted molar refractivity (Wildman–Crippen MR) is 102 cm³/mol. The molecule has 0 radical (unpaired) electrons. The Hall–Kier alpha value is -1.67. The van der Waals surface area contributed by atoms with Crippen LogP contribution in [0.3, 0.4) is 0 Å². The molecule has 1 aliphatic carbocycles. The molecule has 3 aliphatic rings. The molecular formula is C22H22OS. The summed E-state index contributed by atoms with van der Waals surface area (Å²) >= 11 is 0. The van der Waals surface area contributed by atoms with Gasteiger partial charge >= 0.3 is 0 Å². The minimum atomic E-state index is -0.636. The first kappa shape index (κ1) is 14.7. The van der Waals surface area contributed by atoms with E-state index in [0.717, 1.165) is 19.3 Å². The molecule has 2 aromatic rings. The third-order valence-corrected chi connectivity index (χ3v) is 8.22. The van der Waals surface area contributed by atoms with Gasteiger partial charge in [0.25, 0.3) is 0 Å². The summed E-state index contributed by atoms with van der Waals surface area (Å²) in [4.78, 5) is 0. The van der Waals surface area contributed by atoms with Crippen LogP contribution >= 0.6 is 0 Å². The van der Waals surface area contributed by atoms with E-state index in [0.29, 0.717) is 5.25 Å². The monoisotopic (exact) mass is 334 g/mol. The van der Waals surface area contributed by atoms with Crippen LogP contribution in [0.4, 0.5) is 0 Å². The number of rotatable bonds is 1. The summed E-state index contributed by atoms with van der Waals surface area (Å²) in [6, 6.07) is 15.8. The maximum absolute atomic E-state index is 12.3. The van der Waals surface area contributed by atoms with Crippen LogP contribution in [0.2, 0.25) is 0 Å². The topological polar surface area (TPSA) is 17.1 Å².